The molecule has 0 radical (unpaired) electrons. The van der Waals surface area contributed by atoms with Gasteiger partial charge < -0.3 is 10.1 Å². The van der Waals surface area contributed by atoms with E-state index in [2.05, 4.69) is 10.2 Å². The van der Waals surface area contributed by atoms with E-state index in [9.17, 15) is 14.4 Å². The standard InChI is InChI=1S/C30H34N2O4S/c1-3-27(23-14-17-32(18-15-23)20-26(34)22-10-6-4-7-11-22)36-30(35)28(24-12-8-5-9-13-24)31-25-16-19-37-29(25)21(2)33/h4-13,16,19,23,27-28,31H,3,14-15,17-18,20H2,1-2H3/t27-,28?/m0/s1. The summed E-state index contributed by atoms with van der Waals surface area (Å²) >= 11 is 1.36. The highest BCUT2D eigenvalue weighted by Gasteiger charge is 2.32. The fourth-order valence-corrected chi connectivity index (χ4v) is 5.67. The minimum Gasteiger partial charge on any atom is -0.460 e. The number of hydrogen-bond acceptors (Lipinski definition) is 7. The molecule has 2 atom stereocenters. The quantitative estimate of drug-likeness (QED) is 0.247. The molecule has 1 fully saturated rings. The van der Waals surface area contributed by atoms with Crippen molar-refractivity contribution in [1.82, 2.24) is 4.90 Å². The fourth-order valence-electron chi connectivity index (χ4n) is 4.91. The summed E-state index contributed by atoms with van der Waals surface area (Å²) in [6, 6.07) is 20.0. The van der Waals surface area contributed by atoms with Crippen molar-refractivity contribution in [3.63, 3.8) is 0 Å². The van der Waals surface area contributed by atoms with Crippen LogP contribution < -0.4 is 5.32 Å². The summed E-state index contributed by atoms with van der Waals surface area (Å²) in [5.74, 6) is -0.0166. The average Bonchev–Trinajstić information content (AvgIpc) is 3.40. The molecule has 1 aliphatic rings. The summed E-state index contributed by atoms with van der Waals surface area (Å²) < 4.78 is 6.12. The van der Waals surface area contributed by atoms with E-state index in [1.807, 2.05) is 79.0 Å². The Morgan fingerprint density at radius 3 is 2.27 bits per heavy atom. The minimum absolute atomic E-state index is 0.0402. The number of ether oxygens (including phenoxy) is 1. The Morgan fingerprint density at radius 1 is 1.00 bits per heavy atom. The van der Waals surface area contributed by atoms with Gasteiger partial charge in [0.2, 0.25) is 0 Å². The molecule has 2 aromatic carbocycles. The highest BCUT2D eigenvalue weighted by molar-refractivity contribution is 7.12. The van der Waals surface area contributed by atoms with Gasteiger partial charge in [0.25, 0.3) is 0 Å². The molecule has 0 aliphatic carbocycles. The van der Waals surface area contributed by atoms with Crippen LogP contribution in [0.15, 0.2) is 72.1 Å². The van der Waals surface area contributed by atoms with Gasteiger partial charge in [0.1, 0.15) is 6.10 Å². The smallest absolute Gasteiger partial charge is 0.333 e. The third-order valence-electron chi connectivity index (χ3n) is 6.94. The van der Waals surface area contributed by atoms with Crippen molar-refractivity contribution < 1.29 is 19.1 Å². The lowest BCUT2D eigenvalue weighted by molar-refractivity contribution is -0.154. The highest BCUT2D eigenvalue weighted by atomic mass is 32.1. The van der Waals surface area contributed by atoms with E-state index in [0.29, 0.717) is 17.1 Å². The van der Waals surface area contributed by atoms with Crippen molar-refractivity contribution >= 4 is 34.6 Å². The number of nitrogens with one attached hydrogen (secondary N) is 1. The van der Waals surface area contributed by atoms with Crippen molar-refractivity contribution in [2.24, 2.45) is 5.92 Å². The second-order valence-corrected chi connectivity index (χ2v) is 10.4. The van der Waals surface area contributed by atoms with Crippen LogP contribution in [0.1, 0.15) is 64.7 Å². The SMILES string of the molecule is CC[C@H](OC(=O)C(Nc1ccsc1C(C)=O)c1ccccc1)C1CCN(CC(=O)c2ccccc2)CC1. The molecule has 7 heteroatoms. The first-order valence-corrected chi connectivity index (χ1v) is 13.7. The molecule has 1 saturated heterocycles. The van der Waals surface area contributed by atoms with E-state index in [1.54, 1.807) is 0 Å². The lowest BCUT2D eigenvalue weighted by atomic mass is 9.89. The van der Waals surface area contributed by atoms with Gasteiger partial charge in [-0.05, 0) is 55.3 Å². The first kappa shape index (κ1) is 26.8. The molecule has 194 valence electrons. The monoisotopic (exact) mass is 518 g/mol. The van der Waals surface area contributed by atoms with Gasteiger partial charge in [0.15, 0.2) is 17.6 Å². The average molecular weight is 519 g/mol. The number of anilines is 1. The van der Waals surface area contributed by atoms with E-state index in [1.165, 1.54) is 18.3 Å². The number of carbonyl (C=O) groups excluding carboxylic acids is 3. The maximum absolute atomic E-state index is 13.5. The first-order valence-electron chi connectivity index (χ1n) is 12.9. The maximum atomic E-state index is 13.5. The lowest BCUT2D eigenvalue weighted by Gasteiger charge is -2.35. The van der Waals surface area contributed by atoms with Crippen molar-refractivity contribution in [3.05, 3.63) is 88.1 Å². The molecule has 0 amide bonds. The first-order chi connectivity index (χ1) is 18.0. The summed E-state index contributed by atoms with van der Waals surface area (Å²) in [7, 11) is 0. The van der Waals surface area contributed by atoms with Gasteiger partial charge in [0.05, 0.1) is 17.1 Å². The number of likely N-dealkylation sites (tertiary alicyclic amines) is 1. The van der Waals surface area contributed by atoms with Gasteiger partial charge >= 0.3 is 5.97 Å². The molecular formula is C30H34N2O4S. The number of esters is 1. The van der Waals surface area contributed by atoms with Crippen molar-refractivity contribution in [3.8, 4) is 0 Å². The van der Waals surface area contributed by atoms with Gasteiger partial charge in [-0.15, -0.1) is 11.3 Å². The minimum atomic E-state index is -0.716. The third-order valence-corrected chi connectivity index (χ3v) is 7.96. The number of hydrogen-bond donors (Lipinski definition) is 1. The van der Waals surface area contributed by atoms with Crippen LogP contribution in [0.25, 0.3) is 0 Å². The Balaban J connectivity index is 1.39. The van der Waals surface area contributed by atoms with Gasteiger partial charge in [-0.2, -0.15) is 0 Å². The van der Waals surface area contributed by atoms with Crippen LogP contribution in [0, 0.1) is 5.92 Å². The van der Waals surface area contributed by atoms with Crippen LogP contribution in [-0.2, 0) is 9.53 Å². The van der Waals surface area contributed by atoms with Gasteiger partial charge in [-0.3, -0.25) is 14.5 Å². The fraction of sp³-hybridized carbons (Fsp3) is 0.367. The molecule has 1 N–H and O–H groups in total. The summed E-state index contributed by atoms with van der Waals surface area (Å²) in [6.07, 6.45) is 2.26. The summed E-state index contributed by atoms with van der Waals surface area (Å²) in [6.45, 7) is 5.58. The normalized spacial score (nSPS) is 16.1. The zero-order chi connectivity index (χ0) is 26.2. The molecule has 1 aromatic heterocycles. The van der Waals surface area contributed by atoms with Crippen molar-refractivity contribution in [1.29, 1.82) is 0 Å². The van der Waals surface area contributed by atoms with E-state index in [4.69, 9.17) is 4.74 Å². The molecule has 0 bridgehead atoms. The lowest BCUT2D eigenvalue weighted by Crippen LogP contribution is -2.41. The number of nitrogens with zero attached hydrogens (tertiary/aromatic N) is 1. The Labute approximate surface area is 222 Å². The van der Waals surface area contributed by atoms with Crippen LogP contribution in [0.5, 0.6) is 0 Å². The van der Waals surface area contributed by atoms with Gasteiger partial charge in [-0.25, -0.2) is 4.79 Å². The van der Waals surface area contributed by atoms with E-state index in [0.717, 1.165) is 43.5 Å². The van der Waals surface area contributed by atoms with Gasteiger partial charge in [-0.1, -0.05) is 67.6 Å². The summed E-state index contributed by atoms with van der Waals surface area (Å²) in [5, 5.41) is 5.12. The van der Waals surface area contributed by atoms with Crippen LogP contribution in [0.4, 0.5) is 5.69 Å². The van der Waals surface area contributed by atoms with Crippen LogP contribution in [0.2, 0.25) is 0 Å². The largest absolute Gasteiger partial charge is 0.460 e. The maximum Gasteiger partial charge on any atom is 0.333 e. The molecule has 37 heavy (non-hydrogen) atoms. The zero-order valence-corrected chi connectivity index (χ0v) is 22.2. The number of carbonyl (C=O) groups is 3. The summed E-state index contributed by atoms with van der Waals surface area (Å²) in [4.78, 5) is 40.9. The molecule has 6 nitrogen and oxygen atoms in total. The second kappa shape index (κ2) is 12.8. The van der Waals surface area contributed by atoms with E-state index < -0.39 is 6.04 Å². The Kier molecular flexibility index (Phi) is 9.25. The predicted octanol–water partition coefficient (Wildman–Crippen LogP) is 6.02. The molecule has 3 aromatic rings. The zero-order valence-electron chi connectivity index (χ0n) is 21.4. The van der Waals surface area contributed by atoms with E-state index in [-0.39, 0.29) is 29.6 Å². The highest BCUT2D eigenvalue weighted by Crippen LogP contribution is 2.30. The predicted molar refractivity (Wildman–Crippen MR) is 147 cm³/mol. The van der Waals surface area contributed by atoms with E-state index >= 15 is 0 Å². The van der Waals surface area contributed by atoms with Crippen LogP contribution in [0.3, 0.4) is 0 Å². The Bertz CT molecular complexity index is 1190. The van der Waals surface area contributed by atoms with Crippen molar-refractivity contribution in [2.45, 2.75) is 45.3 Å². The Morgan fingerprint density at radius 2 is 1.65 bits per heavy atom. The number of benzene rings is 2. The number of Topliss-reactive ketones (excluding diaryl/α,β-unsaturated/α-hetero) is 2. The topological polar surface area (TPSA) is 75.7 Å². The van der Waals surface area contributed by atoms with Crippen LogP contribution in [-0.4, -0.2) is 48.2 Å². The van der Waals surface area contributed by atoms with Crippen LogP contribution >= 0.6 is 11.3 Å². The number of rotatable bonds is 11. The molecule has 1 unspecified atom stereocenters. The number of piperidine rings is 1. The molecule has 4 rings (SSSR count). The Hall–Kier alpha value is -3.29. The second-order valence-electron chi connectivity index (χ2n) is 9.49. The van der Waals surface area contributed by atoms with Crippen molar-refractivity contribution in [2.75, 3.05) is 25.0 Å². The molecule has 1 aliphatic heterocycles. The number of ketones is 2. The third kappa shape index (κ3) is 6.93. The molecular weight excluding hydrogens is 484 g/mol. The van der Waals surface area contributed by atoms with Gasteiger partial charge in [0, 0.05) is 12.5 Å². The number of thiophene rings is 1. The molecule has 0 spiro atoms. The molecule has 0 saturated carbocycles. The molecule has 2 heterocycles. The summed E-state index contributed by atoms with van der Waals surface area (Å²) in [5.41, 5.74) is 2.17.